The summed E-state index contributed by atoms with van der Waals surface area (Å²) in [6, 6.07) is 6.06. The van der Waals surface area contributed by atoms with Crippen molar-refractivity contribution >= 4 is 0 Å². The zero-order valence-corrected chi connectivity index (χ0v) is 11.3. The first-order valence-corrected chi connectivity index (χ1v) is 6.57. The van der Waals surface area contributed by atoms with Crippen LogP contribution in [0.15, 0.2) is 24.3 Å². The van der Waals surface area contributed by atoms with Crippen molar-refractivity contribution in [1.82, 2.24) is 10.2 Å². The molecule has 1 heterocycles. The van der Waals surface area contributed by atoms with Crippen molar-refractivity contribution in [2.45, 2.75) is 24.6 Å². The Morgan fingerprint density at radius 3 is 2.70 bits per heavy atom. The van der Waals surface area contributed by atoms with Crippen LogP contribution in [0.25, 0.3) is 0 Å². The number of alkyl halides is 3. The van der Waals surface area contributed by atoms with Crippen LogP contribution in [-0.4, -0.2) is 43.8 Å². The van der Waals surface area contributed by atoms with Gasteiger partial charge in [0.2, 0.25) is 0 Å². The summed E-state index contributed by atoms with van der Waals surface area (Å²) >= 11 is 0. The molecule has 0 bridgehead atoms. The lowest BCUT2D eigenvalue weighted by atomic mass is 9.88. The topological polar surface area (TPSA) is 15.3 Å². The number of benzene rings is 1. The van der Waals surface area contributed by atoms with Crippen LogP contribution in [0.1, 0.15) is 17.9 Å². The van der Waals surface area contributed by atoms with Crippen LogP contribution in [0.3, 0.4) is 0 Å². The van der Waals surface area contributed by atoms with E-state index in [1.807, 2.05) is 18.0 Å². The number of hydrogen-bond acceptors (Lipinski definition) is 2. The summed E-state index contributed by atoms with van der Waals surface area (Å²) in [7, 11) is 1.87. The monoisotopic (exact) mass is 290 g/mol. The maximum atomic E-state index is 13.2. The van der Waals surface area contributed by atoms with Crippen molar-refractivity contribution < 1.29 is 17.6 Å². The average molecular weight is 290 g/mol. The van der Waals surface area contributed by atoms with Crippen LogP contribution in [0, 0.1) is 5.82 Å². The number of likely N-dealkylation sites (tertiary alicyclic amines) is 1. The van der Waals surface area contributed by atoms with Gasteiger partial charge in [-0.1, -0.05) is 12.1 Å². The molecule has 1 saturated heterocycles. The summed E-state index contributed by atoms with van der Waals surface area (Å²) < 4.78 is 50.0. The molecule has 2 unspecified atom stereocenters. The van der Waals surface area contributed by atoms with E-state index in [-0.39, 0.29) is 17.8 Å². The Morgan fingerprint density at radius 1 is 1.30 bits per heavy atom. The van der Waals surface area contributed by atoms with E-state index in [2.05, 4.69) is 5.32 Å². The summed E-state index contributed by atoms with van der Waals surface area (Å²) in [5.74, 6) is -0.259. The summed E-state index contributed by atoms with van der Waals surface area (Å²) in [6.45, 7) is 0.316. The summed E-state index contributed by atoms with van der Waals surface area (Å²) in [5.41, 5.74) is 0.843. The lowest BCUT2D eigenvalue weighted by molar-refractivity contribution is -0.127. The van der Waals surface area contributed by atoms with E-state index < -0.39 is 12.7 Å². The molecule has 0 aromatic heterocycles. The van der Waals surface area contributed by atoms with Crippen molar-refractivity contribution in [3.63, 3.8) is 0 Å². The molecule has 2 nitrogen and oxygen atoms in total. The van der Waals surface area contributed by atoms with Gasteiger partial charge in [-0.05, 0) is 37.1 Å². The third-order valence-corrected chi connectivity index (χ3v) is 3.54. The Morgan fingerprint density at radius 2 is 2.05 bits per heavy atom. The fourth-order valence-corrected chi connectivity index (χ4v) is 2.73. The highest BCUT2D eigenvalue weighted by Gasteiger charge is 2.31. The molecule has 0 spiro atoms. The van der Waals surface area contributed by atoms with Gasteiger partial charge in [-0.3, -0.25) is 0 Å². The second kappa shape index (κ2) is 6.10. The highest BCUT2D eigenvalue weighted by Crippen LogP contribution is 2.27. The maximum absolute atomic E-state index is 13.2. The van der Waals surface area contributed by atoms with Crippen molar-refractivity contribution in [2.24, 2.45) is 0 Å². The highest BCUT2D eigenvalue weighted by molar-refractivity contribution is 5.22. The van der Waals surface area contributed by atoms with Crippen LogP contribution in [0.5, 0.6) is 0 Å². The molecule has 1 aromatic carbocycles. The van der Waals surface area contributed by atoms with Gasteiger partial charge in [-0.25, -0.2) is 4.39 Å². The van der Waals surface area contributed by atoms with E-state index in [1.165, 1.54) is 12.1 Å². The fourth-order valence-electron chi connectivity index (χ4n) is 2.73. The normalized spacial score (nSPS) is 24.9. The minimum absolute atomic E-state index is 0.0511. The molecule has 2 rings (SSSR count). The Balaban J connectivity index is 2.01. The molecule has 112 valence electrons. The SMILES string of the molecule is CN1CC(NCC(F)(F)F)CC(c2cccc(F)c2)C1. The van der Waals surface area contributed by atoms with Crippen molar-refractivity contribution in [3.8, 4) is 0 Å². The minimum atomic E-state index is -4.20. The quantitative estimate of drug-likeness (QED) is 0.861. The van der Waals surface area contributed by atoms with Crippen molar-refractivity contribution in [2.75, 3.05) is 26.7 Å². The van der Waals surface area contributed by atoms with Gasteiger partial charge in [0.1, 0.15) is 5.82 Å². The van der Waals surface area contributed by atoms with Gasteiger partial charge in [0.15, 0.2) is 0 Å². The first-order chi connectivity index (χ1) is 9.33. The van der Waals surface area contributed by atoms with Gasteiger partial charge < -0.3 is 10.2 Å². The number of hydrogen-bond donors (Lipinski definition) is 1. The molecule has 20 heavy (non-hydrogen) atoms. The molecular formula is C14H18F4N2. The van der Waals surface area contributed by atoms with Gasteiger partial charge in [-0.2, -0.15) is 13.2 Å². The summed E-state index contributed by atoms with van der Waals surface area (Å²) in [5, 5.41) is 2.55. The van der Waals surface area contributed by atoms with E-state index in [4.69, 9.17) is 0 Å². The number of halogens is 4. The van der Waals surface area contributed by atoms with Crippen LogP contribution < -0.4 is 5.32 Å². The standard InChI is InChI=1S/C14H18F4N2/c1-20-7-11(10-3-2-4-12(15)5-10)6-13(8-20)19-9-14(16,17)18/h2-5,11,13,19H,6-9H2,1H3. The van der Waals surface area contributed by atoms with E-state index in [1.54, 1.807) is 6.07 Å². The molecule has 1 fully saturated rings. The number of likely N-dealkylation sites (N-methyl/N-ethyl adjacent to an activating group) is 1. The number of rotatable bonds is 3. The third kappa shape index (κ3) is 4.45. The van der Waals surface area contributed by atoms with Gasteiger partial charge in [0.25, 0.3) is 0 Å². The Labute approximate surface area is 115 Å². The van der Waals surface area contributed by atoms with E-state index in [0.717, 1.165) is 12.1 Å². The Kier molecular flexibility index (Phi) is 4.65. The molecule has 1 aliphatic heterocycles. The molecule has 0 saturated carbocycles. The predicted octanol–water partition coefficient (Wildman–Crippen LogP) is 2.77. The largest absolute Gasteiger partial charge is 0.401 e. The highest BCUT2D eigenvalue weighted by atomic mass is 19.4. The number of nitrogens with one attached hydrogen (secondary N) is 1. The summed E-state index contributed by atoms with van der Waals surface area (Å²) in [6.07, 6.45) is -3.62. The van der Waals surface area contributed by atoms with Gasteiger partial charge in [-0.15, -0.1) is 0 Å². The van der Waals surface area contributed by atoms with Crippen molar-refractivity contribution in [1.29, 1.82) is 0 Å². The lowest BCUT2D eigenvalue weighted by Gasteiger charge is -2.36. The first kappa shape index (κ1) is 15.3. The molecule has 0 amide bonds. The fraction of sp³-hybridized carbons (Fsp3) is 0.571. The zero-order valence-electron chi connectivity index (χ0n) is 11.3. The van der Waals surface area contributed by atoms with Gasteiger partial charge in [0.05, 0.1) is 6.54 Å². The maximum Gasteiger partial charge on any atom is 0.401 e. The second-order valence-electron chi connectivity index (χ2n) is 5.40. The third-order valence-electron chi connectivity index (χ3n) is 3.54. The summed E-state index contributed by atoms with van der Waals surface area (Å²) in [4.78, 5) is 1.98. The first-order valence-electron chi connectivity index (χ1n) is 6.57. The minimum Gasteiger partial charge on any atom is -0.305 e. The predicted molar refractivity (Wildman–Crippen MR) is 69.1 cm³/mol. The van der Waals surface area contributed by atoms with Gasteiger partial charge >= 0.3 is 6.18 Å². The lowest BCUT2D eigenvalue weighted by Crippen LogP contribution is -2.49. The van der Waals surface area contributed by atoms with E-state index in [9.17, 15) is 17.6 Å². The smallest absolute Gasteiger partial charge is 0.305 e. The van der Waals surface area contributed by atoms with Crippen LogP contribution in [-0.2, 0) is 0 Å². The van der Waals surface area contributed by atoms with Crippen molar-refractivity contribution in [3.05, 3.63) is 35.6 Å². The van der Waals surface area contributed by atoms with Crippen LogP contribution in [0.4, 0.5) is 17.6 Å². The molecule has 1 aromatic rings. The Bertz CT molecular complexity index is 447. The molecule has 0 aliphatic carbocycles. The Hall–Kier alpha value is -1.14. The molecular weight excluding hydrogens is 272 g/mol. The second-order valence-corrected chi connectivity index (χ2v) is 5.40. The average Bonchev–Trinajstić information content (AvgIpc) is 2.35. The molecule has 1 aliphatic rings. The molecule has 6 heteroatoms. The number of nitrogens with zero attached hydrogens (tertiary/aromatic N) is 1. The van der Waals surface area contributed by atoms with E-state index in [0.29, 0.717) is 13.0 Å². The van der Waals surface area contributed by atoms with E-state index >= 15 is 0 Å². The molecule has 1 N–H and O–H groups in total. The van der Waals surface area contributed by atoms with Crippen LogP contribution >= 0.6 is 0 Å². The van der Waals surface area contributed by atoms with Crippen LogP contribution in [0.2, 0.25) is 0 Å². The molecule has 2 atom stereocenters. The van der Waals surface area contributed by atoms with Gasteiger partial charge in [0, 0.05) is 19.1 Å². The zero-order chi connectivity index (χ0) is 14.8. The molecule has 0 radical (unpaired) electrons. The number of piperidine rings is 1.